The van der Waals surface area contributed by atoms with Gasteiger partial charge in [0.15, 0.2) is 16.3 Å². The Morgan fingerprint density at radius 3 is 2.50 bits per heavy atom. The van der Waals surface area contributed by atoms with Crippen molar-refractivity contribution in [3.63, 3.8) is 0 Å². The number of carbonyl (C=O) groups is 1. The van der Waals surface area contributed by atoms with Crippen molar-refractivity contribution < 1.29 is 28.3 Å². The SMILES string of the molecule is CCOC(=O)C1=C(C)N=c2s/c(=C\c3ccc(-c4cc([N+](=O)[O-])ccc4C)o3)c(=O)n2[C@H]1c1ccc(OCC)c(OCC)c1. The molecular weight excluding hydrogens is 586 g/mol. The first-order valence-electron chi connectivity index (χ1n) is 14.1. The molecule has 1 aliphatic rings. The molecule has 0 bridgehead atoms. The third kappa shape index (κ3) is 5.80. The zero-order valence-corrected chi connectivity index (χ0v) is 25.7. The molecule has 2 aromatic carbocycles. The van der Waals surface area contributed by atoms with Crippen LogP contribution in [0, 0.1) is 17.0 Å². The second kappa shape index (κ2) is 12.7. The molecule has 0 amide bonds. The lowest BCUT2D eigenvalue weighted by Gasteiger charge is -2.25. The van der Waals surface area contributed by atoms with E-state index >= 15 is 0 Å². The van der Waals surface area contributed by atoms with Gasteiger partial charge in [-0.3, -0.25) is 19.5 Å². The van der Waals surface area contributed by atoms with Crippen LogP contribution in [0.3, 0.4) is 0 Å². The molecule has 11 nitrogen and oxygen atoms in total. The maximum Gasteiger partial charge on any atom is 0.338 e. The van der Waals surface area contributed by atoms with Crippen LogP contribution >= 0.6 is 11.3 Å². The summed E-state index contributed by atoms with van der Waals surface area (Å²) in [5.41, 5.74) is 2.28. The van der Waals surface area contributed by atoms with E-state index in [0.29, 0.717) is 62.4 Å². The van der Waals surface area contributed by atoms with Crippen molar-refractivity contribution in [2.24, 2.45) is 4.99 Å². The summed E-state index contributed by atoms with van der Waals surface area (Å²) in [6.07, 6.45) is 1.60. The minimum absolute atomic E-state index is 0.0496. The van der Waals surface area contributed by atoms with E-state index in [0.717, 1.165) is 16.9 Å². The molecule has 0 saturated carbocycles. The minimum Gasteiger partial charge on any atom is -0.490 e. The van der Waals surface area contributed by atoms with Crippen molar-refractivity contribution in [3.8, 4) is 22.8 Å². The molecule has 0 aliphatic carbocycles. The van der Waals surface area contributed by atoms with E-state index in [1.165, 1.54) is 16.7 Å². The number of nitro benzene ring substituents is 1. The molecule has 3 heterocycles. The number of allylic oxidation sites excluding steroid dienone is 1. The number of aromatic nitrogens is 1. The van der Waals surface area contributed by atoms with Gasteiger partial charge < -0.3 is 18.6 Å². The molecule has 44 heavy (non-hydrogen) atoms. The predicted octanol–water partition coefficient (Wildman–Crippen LogP) is 5.07. The number of rotatable bonds is 10. The third-order valence-corrected chi connectivity index (χ3v) is 7.98. The van der Waals surface area contributed by atoms with Gasteiger partial charge in [0.2, 0.25) is 0 Å². The van der Waals surface area contributed by atoms with Crippen LogP contribution < -0.4 is 24.4 Å². The fraction of sp³-hybridized carbons (Fsp3) is 0.281. The lowest BCUT2D eigenvalue weighted by molar-refractivity contribution is -0.384. The van der Waals surface area contributed by atoms with Crippen molar-refractivity contribution in [2.75, 3.05) is 19.8 Å². The summed E-state index contributed by atoms with van der Waals surface area (Å²) in [5.74, 6) is 1.29. The van der Waals surface area contributed by atoms with Crippen molar-refractivity contribution in [1.29, 1.82) is 0 Å². The van der Waals surface area contributed by atoms with Gasteiger partial charge in [-0.15, -0.1) is 0 Å². The van der Waals surface area contributed by atoms with Crippen LogP contribution in [0.5, 0.6) is 11.5 Å². The van der Waals surface area contributed by atoms with Crippen LogP contribution in [0.2, 0.25) is 0 Å². The van der Waals surface area contributed by atoms with Gasteiger partial charge >= 0.3 is 5.97 Å². The Morgan fingerprint density at radius 2 is 1.80 bits per heavy atom. The van der Waals surface area contributed by atoms with Gasteiger partial charge in [-0.2, -0.15) is 0 Å². The fourth-order valence-electron chi connectivity index (χ4n) is 5.04. The number of aryl methyl sites for hydroxylation is 1. The van der Waals surface area contributed by atoms with E-state index in [1.807, 2.05) is 20.8 Å². The number of thiazole rings is 1. The number of hydrogen-bond donors (Lipinski definition) is 0. The molecule has 1 atom stereocenters. The van der Waals surface area contributed by atoms with Crippen LogP contribution in [-0.2, 0) is 9.53 Å². The molecule has 0 fully saturated rings. The van der Waals surface area contributed by atoms with E-state index in [2.05, 4.69) is 4.99 Å². The first-order chi connectivity index (χ1) is 21.2. The van der Waals surface area contributed by atoms with Gasteiger partial charge in [-0.25, -0.2) is 9.79 Å². The molecule has 5 rings (SSSR count). The van der Waals surface area contributed by atoms with E-state index in [9.17, 15) is 19.7 Å². The Balaban J connectivity index is 1.64. The second-order valence-corrected chi connectivity index (χ2v) is 10.8. The van der Waals surface area contributed by atoms with Crippen molar-refractivity contribution in [1.82, 2.24) is 4.57 Å². The first-order valence-corrected chi connectivity index (χ1v) is 14.9. The van der Waals surface area contributed by atoms with Gasteiger partial charge in [-0.05, 0) is 70.0 Å². The standard InChI is InChI=1S/C32H31N3O8S/c1-6-40-25-13-10-20(15-26(25)41-7-2)29-28(31(37)42-8-3)19(5)33-32-34(29)30(36)27(44-32)17-22-12-14-24(43-22)23-16-21(35(38)39)11-9-18(23)4/h9-17,29H,6-8H2,1-5H3/b27-17-/t29-/m0/s1. The summed E-state index contributed by atoms with van der Waals surface area (Å²) in [6.45, 7) is 10.00. The monoisotopic (exact) mass is 617 g/mol. The number of hydrogen-bond acceptors (Lipinski definition) is 10. The molecule has 1 aliphatic heterocycles. The molecule has 2 aromatic heterocycles. The number of esters is 1. The predicted molar refractivity (Wildman–Crippen MR) is 165 cm³/mol. The number of ether oxygens (including phenoxy) is 3. The van der Waals surface area contributed by atoms with Gasteiger partial charge in [0.05, 0.1) is 46.6 Å². The van der Waals surface area contributed by atoms with E-state index in [4.69, 9.17) is 18.6 Å². The summed E-state index contributed by atoms with van der Waals surface area (Å²) in [4.78, 5) is 43.1. The molecule has 4 aromatic rings. The van der Waals surface area contributed by atoms with Crippen LogP contribution in [0.1, 0.15) is 50.6 Å². The van der Waals surface area contributed by atoms with Gasteiger partial charge in [0.1, 0.15) is 11.5 Å². The number of non-ortho nitro benzene ring substituents is 1. The number of benzene rings is 2. The summed E-state index contributed by atoms with van der Waals surface area (Å²) >= 11 is 1.16. The Kier molecular flexibility index (Phi) is 8.81. The Bertz CT molecular complexity index is 1970. The van der Waals surface area contributed by atoms with Crippen LogP contribution in [0.15, 0.2) is 74.0 Å². The molecule has 0 unspecified atom stereocenters. The minimum atomic E-state index is -0.831. The first kappa shape index (κ1) is 30.5. The highest BCUT2D eigenvalue weighted by molar-refractivity contribution is 7.07. The topological polar surface area (TPSA) is 135 Å². The van der Waals surface area contributed by atoms with Crippen molar-refractivity contribution in [3.05, 3.63) is 106 Å². The van der Waals surface area contributed by atoms with Gasteiger partial charge in [0.25, 0.3) is 11.2 Å². The second-order valence-electron chi connectivity index (χ2n) is 9.83. The maximum atomic E-state index is 14.0. The molecule has 0 saturated heterocycles. The number of furan rings is 1. The lowest BCUT2D eigenvalue weighted by Crippen LogP contribution is -2.40. The number of fused-ring (bicyclic) bond motifs is 1. The molecule has 0 radical (unpaired) electrons. The molecule has 228 valence electrons. The van der Waals surface area contributed by atoms with E-state index < -0.39 is 16.9 Å². The van der Waals surface area contributed by atoms with Crippen LogP contribution in [-0.4, -0.2) is 35.3 Å². The summed E-state index contributed by atoms with van der Waals surface area (Å²) < 4.78 is 24.8. The van der Waals surface area contributed by atoms with E-state index in [-0.39, 0.29) is 23.4 Å². The highest BCUT2D eigenvalue weighted by Crippen LogP contribution is 2.36. The van der Waals surface area contributed by atoms with E-state index in [1.54, 1.807) is 56.3 Å². The van der Waals surface area contributed by atoms with Crippen molar-refractivity contribution >= 4 is 29.1 Å². The normalized spacial score (nSPS) is 14.7. The summed E-state index contributed by atoms with van der Waals surface area (Å²) in [5, 5.41) is 11.3. The zero-order valence-electron chi connectivity index (χ0n) is 24.9. The quantitative estimate of drug-likeness (QED) is 0.137. The highest BCUT2D eigenvalue weighted by Gasteiger charge is 2.34. The maximum absolute atomic E-state index is 14.0. The molecule has 12 heteroatoms. The lowest BCUT2D eigenvalue weighted by atomic mass is 9.95. The summed E-state index contributed by atoms with van der Waals surface area (Å²) in [6, 6.07) is 12.5. The highest BCUT2D eigenvalue weighted by atomic mass is 32.1. The van der Waals surface area contributed by atoms with Gasteiger partial charge in [-0.1, -0.05) is 23.5 Å². The molecular formula is C32H31N3O8S. The Hall–Kier alpha value is -4.97. The largest absolute Gasteiger partial charge is 0.490 e. The summed E-state index contributed by atoms with van der Waals surface area (Å²) in [7, 11) is 0. The third-order valence-electron chi connectivity index (χ3n) is 7.00. The van der Waals surface area contributed by atoms with Crippen molar-refractivity contribution in [2.45, 2.75) is 40.7 Å². The average Bonchev–Trinajstić information content (AvgIpc) is 3.57. The smallest absolute Gasteiger partial charge is 0.338 e. The zero-order chi connectivity index (χ0) is 31.5. The Morgan fingerprint density at radius 1 is 1.05 bits per heavy atom. The number of nitro groups is 1. The van der Waals surface area contributed by atoms with Crippen LogP contribution in [0.25, 0.3) is 17.4 Å². The molecule has 0 N–H and O–H groups in total. The van der Waals surface area contributed by atoms with Gasteiger partial charge in [0, 0.05) is 23.8 Å². The Labute approximate surface area is 256 Å². The number of carbonyl (C=O) groups excluding carboxylic acids is 1. The molecule has 0 spiro atoms. The number of nitrogens with zero attached hydrogens (tertiary/aromatic N) is 3. The average molecular weight is 618 g/mol. The van der Waals surface area contributed by atoms with Crippen LogP contribution in [0.4, 0.5) is 5.69 Å². The fourth-order valence-corrected chi connectivity index (χ4v) is 6.06.